The van der Waals surface area contributed by atoms with Crippen LogP contribution in [0.2, 0.25) is 0 Å². The molecule has 16 aromatic carbocycles. The van der Waals surface area contributed by atoms with Crippen molar-refractivity contribution in [3.8, 4) is 0 Å². The minimum Gasteiger partial charge on any atom is -0.404 e. The van der Waals surface area contributed by atoms with Crippen molar-refractivity contribution in [2.45, 2.75) is 0 Å². The van der Waals surface area contributed by atoms with Crippen LogP contribution in [0.1, 0.15) is 0 Å². The van der Waals surface area contributed by atoms with E-state index in [1.165, 1.54) is 0 Å². The first kappa shape index (κ1) is 90.2. The molecule has 16 nitrogen and oxygen atoms in total. The molecule has 3 fully saturated rings. The Morgan fingerprint density at radius 1 is 0.205 bits per heavy atom. The third-order valence-corrected chi connectivity index (χ3v) is 67.4. The number of hydrogen-bond acceptors (Lipinski definition) is 16. The lowest BCUT2D eigenvalue weighted by Gasteiger charge is -2.55. The first-order valence-corrected chi connectivity index (χ1v) is 63.3. The second-order valence-corrected chi connectivity index (χ2v) is 63.7. The minimum atomic E-state index is -5.62. The summed E-state index contributed by atoms with van der Waals surface area (Å²) in [5.41, 5.74) is 0. The Labute approximate surface area is 783 Å². The van der Waals surface area contributed by atoms with Crippen molar-refractivity contribution in [3.63, 3.8) is 0 Å². The third kappa shape index (κ3) is 18.6. The summed E-state index contributed by atoms with van der Waals surface area (Å²) >= 11 is 0. The largest absolute Gasteiger partial charge is 0.490 e. The summed E-state index contributed by atoms with van der Waals surface area (Å²) in [5.74, 6) is 0. The summed E-state index contributed by atoms with van der Waals surface area (Å²) < 4.78 is 108. The van der Waals surface area contributed by atoms with Crippen molar-refractivity contribution in [1.29, 1.82) is 0 Å². The lowest BCUT2D eigenvalue weighted by Crippen LogP contribution is -2.88. The molecule has 3 aliphatic heterocycles. The molecule has 19 rings (SSSR count). The SMILES string of the molecule is O[Si](O[Si](O[Si]1(CN2CCOCC2)O[Si](c2ccccc2)(c2ccccc2)O[Si](c2ccccc2)(c2ccccc2)O[Si](CN2CCOCC2)(O[Si](O[Si](O)(c2ccccc2)c2ccccc2)(c2ccccc2)c2ccccc2)O[Si](c2ccccc2)(c2ccccc2)O[Si](c2ccccc2)(c2ccccc2)O1)(c1ccccc1)c1ccccc1)(c1ccccc1)c1ccccc1. The molecule has 3 aliphatic rings. The van der Waals surface area contributed by atoms with Crippen LogP contribution in [0.4, 0.5) is 0 Å². The van der Waals surface area contributed by atoms with Gasteiger partial charge in [-0.1, -0.05) is 485 Å². The van der Waals surface area contributed by atoms with Gasteiger partial charge in [0.1, 0.15) is 0 Å². The van der Waals surface area contributed by atoms with Gasteiger partial charge in [-0.15, -0.1) is 0 Å². The van der Waals surface area contributed by atoms with Crippen molar-refractivity contribution in [1.82, 2.24) is 9.80 Å². The van der Waals surface area contributed by atoms with E-state index in [4.69, 9.17) is 17.7 Å². The van der Waals surface area contributed by atoms with E-state index < -0.39 is 86.1 Å². The first-order valence-electron chi connectivity index (χ1n) is 44.9. The molecule has 132 heavy (non-hydrogen) atoms. The zero-order chi connectivity index (χ0) is 89.5. The first-order chi connectivity index (χ1) is 64.9. The predicted molar refractivity (Wildman–Crippen MR) is 545 cm³/mol. The van der Waals surface area contributed by atoms with Gasteiger partial charge in [-0.25, -0.2) is 0 Å². The van der Waals surface area contributed by atoms with Crippen LogP contribution < -0.4 is 83.0 Å². The van der Waals surface area contributed by atoms with Crippen LogP contribution in [0.25, 0.3) is 0 Å². The van der Waals surface area contributed by atoms with Crippen LogP contribution in [0, 0.1) is 0 Å². The number of benzene rings is 16. The van der Waals surface area contributed by atoms with Gasteiger partial charge in [-0.3, -0.25) is 9.80 Å². The van der Waals surface area contributed by atoms with Gasteiger partial charge < -0.3 is 60.2 Å². The average Bonchev–Trinajstić information content (AvgIpc) is 0.694. The normalized spacial score (nSPS) is 18.6. The van der Waals surface area contributed by atoms with E-state index in [0.717, 1.165) is 0 Å². The smallest absolute Gasteiger partial charge is 0.404 e. The lowest BCUT2D eigenvalue weighted by atomic mass is 10.4. The summed E-state index contributed by atoms with van der Waals surface area (Å²) in [6.07, 6.45) is -0.154. The molecule has 0 saturated carbocycles. The molecular weight excluding hydrogens is 1810 g/mol. The van der Waals surface area contributed by atoms with E-state index >= 15 is 9.59 Å². The Balaban J connectivity index is 1.04. The lowest BCUT2D eigenvalue weighted by molar-refractivity contribution is 0.0360. The minimum absolute atomic E-state index is 0.0768. The Morgan fingerprint density at radius 3 is 0.523 bits per heavy atom. The molecule has 0 bridgehead atoms. The van der Waals surface area contributed by atoms with Crippen LogP contribution >= 0.6 is 0 Å². The number of hydrogen-bond donors (Lipinski definition) is 2. The Bertz CT molecular complexity index is 5430. The molecule has 2 N–H and O–H groups in total. The Kier molecular flexibility index (Phi) is 27.7. The van der Waals surface area contributed by atoms with Gasteiger partial charge >= 0.3 is 86.1 Å². The second kappa shape index (κ2) is 40.5. The van der Waals surface area contributed by atoms with E-state index in [-0.39, 0.29) is 12.3 Å². The van der Waals surface area contributed by atoms with Gasteiger partial charge in [-0.05, 0) is 83.0 Å². The van der Waals surface area contributed by atoms with Gasteiger partial charge in [0.2, 0.25) is 0 Å². The highest BCUT2D eigenvalue weighted by Crippen LogP contribution is 2.39. The fraction of sp³-hybridized carbons (Fsp3) is 0.0943. The summed E-state index contributed by atoms with van der Waals surface area (Å²) in [6, 6.07) is 162. The summed E-state index contributed by atoms with van der Waals surface area (Å²) in [7, 11) is -51.9. The highest BCUT2D eigenvalue weighted by atomic mass is 28.6. The molecule has 3 saturated heterocycles. The molecular formula is C106H102N2O14Si10. The fourth-order valence-corrected chi connectivity index (χ4v) is 71.0. The monoisotopic (exact) mass is 1910 g/mol. The summed E-state index contributed by atoms with van der Waals surface area (Å²) in [4.78, 5) is 35.1. The molecule has 0 radical (unpaired) electrons. The number of rotatable bonds is 28. The predicted octanol–water partition coefficient (Wildman–Crippen LogP) is 7.82. The molecule has 0 amide bonds. The Morgan fingerprint density at radius 2 is 0.356 bits per heavy atom. The van der Waals surface area contributed by atoms with Crippen LogP contribution in [-0.4, -0.2) is 170 Å². The van der Waals surface area contributed by atoms with Crippen molar-refractivity contribution in [2.75, 3.05) is 64.9 Å². The maximum absolute atomic E-state index is 15.2. The highest BCUT2D eigenvalue weighted by Gasteiger charge is 2.74. The second-order valence-electron chi connectivity index (χ2n) is 33.0. The maximum atomic E-state index is 15.2. The van der Waals surface area contributed by atoms with Crippen molar-refractivity contribution < 1.29 is 60.2 Å². The maximum Gasteiger partial charge on any atom is 0.490 e. The molecule has 16 aromatic rings. The van der Waals surface area contributed by atoms with E-state index in [1.54, 1.807) is 0 Å². The van der Waals surface area contributed by atoms with Gasteiger partial charge in [0.05, 0.1) is 38.8 Å². The summed E-state index contributed by atoms with van der Waals surface area (Å²) in [6.45, 7) is 2.93. The third-order valence-electron chi connectivity index (χ3n) is 24.5. The van der Waals surface area contributed by atoms with Crippen LogP contribution in [0.3, 0.4) is 0 Å². The molecule has 0 atom stereocenters. The zero-order valence-electron chi connectivity index (χ0n) is 72.9. The van der Waals surface area contributed by atoms with E-state index in [9.17, 15) is 32.9 Å². The van der Waals surface area contributed by atoms with E-state index in [0.29, 0.717) is 136 Å². The van der Waals surface area contributed by atoms with Crippen LogP contribution in [0.5, 0.6) is 0 Å². The van der Waals surface area contributed by atoms with Crippen LogP contribution in [0.15, 0.2) is 485 Å². The molecule has 660 valence electrons. The standard InChI is InChI=1S/C106H102N2O14Si10/c109-125(91-49-17-1-18-50-91,92-51-19-2-20-52-92)119-127(95-57-25-5-26-58-95,96-59-27-6-28-60-96)113-123(89-107-81-85-111-86-82-107)115-129(99-65-33-9-34-66-99,100-67-35-10-36-68-100)121-131(103-73-41-13-42-74-103,104-75-43-14-44-76-104)117-124(90-108-83-87-112-88-84-108,114-128(97-61-29-7-30-62-97,98-63-31-8-32-64-98)120-126(110,93-53-21-3-22-54-93)94-55-23-4-24-56-94)118-132(105-77-45-15-46-78-105,106-79-47-16-48-80-106)122-130(116-123,101-69-37-11-38-70-101)102-71-39-12-40-72-102/h1-80,109-110H,81-90H2. The molecule has 3 heterocycles. The molecule has 0 unspecified atom stereocenters. The van der Waals surface area contributed by atoms with Crippen molar-refractivity contribution in [3.05, 3.63) is 485 Å². The Hall–Kier alpha value is -11.0. The van der Waals surface area contributed by atoms with Gasteiger partial charge in [0.15, 0.2) is 0 Å². The van der Waals surface area contributed by atoms with Gasteiger partial charge in [0.25, 0.3) is 0 Å². The van der Waals surface area contributed by atoms with E-state index in [2.05, 4.69) is 155 Å². The average molecular weight is 1910 g/mol. The topological polar surface area (TPSA) is 158 Å². The number of nitrogens with zero attached hydrogens (tertiary/aromatic N) is 2. The van der Waals surface area contributed by atoms with E-state index in [1.807, 2.05) is 340 Å². The quantitative estimate of drug-likeness (QED) is 0.0457. The highest BCUT2D eigenvalue weighted by molar-refractivity contribution is 7.15. The summed E-state index contributed by atoms with van der Waals surface area (Å²) in [5, 5.41) is 10.0. The molecule has 0 spiro atoms. The zero-order valence-corrected chi connectivity index (χ0v) is 82.9. The number of morpholine rings is 2. The van der Waals surface area contributed by atoms with Crippen molar-refractivity contribution >= 4 is 169 Å². The molecule has 0 aliphatic carbocycles. The number of ether oxygens (including phenoxy) is 2. The van der Waals surface area contributed by atoms with Crippen LogP contribution in [-0.2, 0) is 50.6 Å². The molecule has 26 heteroatoms. The van der Waals surface area contributed by atoms with Gasteiger partial charge in [-0.2, -0.15) is 0 Å². The van der Waals surface area contributed by atoms with Gasteiger partial charge in [0, 0.05) is 26.2 Å². The molecule has 0 aromatic heterocycles. The van der Waals surface area contributed by atoms with Crippen molar-refractivity contribution in [2.24, 2.45) is 0 Å². The fourth-order valence-electron chi connectivity index (χ4n) is 18.2.